The van der Waals surface area contributed by atoms with Gasteiger partial charge in [-0.15, -0.1) is 0 Å². The molecular formula is C23H29ClFNO2. The summed E-state index contributed by atoms with van der Waals surface area (Å²) in [6.45, 7) is 2.34. The Hall–Kier alpha value is -1.46. The van der Waals surface area contributed by atoms with Gasteiger partial charge in [-0.3, -0.25) is 0 Å². The van der Waals surface area contributed by atoms with Crippen molar-refractivity contribution in [2.75, 3.05) is 26.8 Å². The maximum atomic E-state index is 15.0. The lowest BCUT2D eigenvalue weighted by Crippen LogP contribution is -2.44. The molecule has 1 aliphatic rings. The number of benzene rings is 2. The number of halogens is 2. The van der Waals surface area contributed by atoms with Crippen molar-refractivity contribution in [1.29, 1.82) is 0 Å². The summed E-state index contributed by atoms with van der Waals surface area (Å²) < 4.78 is 20.2. The Bertz CT molecular complexity index is 779. The number of nitrogens with one attached hydrogen (secondary N) is 1. The van der Waals surface area contributed by atoms with Gasteiger partial charge in [0.2, 0.25) is 0 Å². The fourth-order valence-corrected chi connectivity index (χ4v) is 4.47. The van der Waals surface area contributed by atoms with Crippen molar-refractivity contribution in [2.24, 2.45) is 5.92 Å². The first-order chi connectivity index (χ1) is 13.6. The van der Waals surface area contributed by atoms with E-state index in [2.05, 4.69) is 5.32 Å². The molecular weight excluding hydrogens is 377 g/mol. The normalized spacial score (nSPS) is 19.4. The molecule has 2 aromatic rings. The summed E-state index contributed by atoms with van der Waals surface area (Å²) in [6.07, 6.45) is 4.17. The molecule has 2 aromatic carbocycles. The molecule has 3 rings (SSSR count). The lowest BCUT2D eigenvalue weighted by atomic mass is 9.72. The van der Waals surface area contributed by atoms with Crippen LogP contribution in [0.2, 0.25) is 5.02 Å². The Balaban J connectivity index is 2.05. The van der Waals surface area contributed by atoms with Crippen LogP contribution in [0.25, 0.3) is 11.1 Å². The van der Waals surface area contributed by atoms with Gasteiger partial charge >= 0.3 is 0 Å². The Morgan fingerprint density at radius 2 is 2.07 bits per heavy atom. The van der Waals surface area contributed by atoms with Crippen LogP contribution in [0.3, 0.4) is 0 Å². The molecule has 1 fully saturated rings. The lowest BCUT2D eigenvalue weighted by molar-refractivity contribution is -0.0431. The number of hydrogen-bond acceptors (Lipinski definition) is 3. The van der Waals surface area contributed by atoms with Crippen LogP contribution < -0.4 is 5.32 Å². The van der Waals surface area contributed by atoms with E-state index >= 15 is 4.39 Å². The van der Waals surface area contributed by atoms with Crippen molar-refractivity contribution in [3.8, 4) is 11.1 Å². The van der Waals surface area contributed by atoms with Gasteiger partial charge in [0, 0.05) is 36.8 Å². The predicted molar refractivity (Wildman–Crippen MR) is 112 cm³/mol. The molecule has 3 nitrogen and oxygen atoms in total. The van der Waals surface area contributed by atoms with E-state index in [1.54, 1.807) is 25.3 Å². The van der Waals surface area contributed by atoms with Crippen molar-refractivity contribution >= 4 is 11.6 Å². The molecule has 152 valence electrons. The zero-order valence-electron chi connectivity index (χ0n) is 16.4. The number of hydrogen-bond donors (Lipinski definition) is 2. The summed E-state index contributed by atoms with van der Waals surface area (Å²) in [5.74, 6) is -0.303. The Morgan fingerprint density at radius 1 is 1.25 bits per heavy atom. The summed E-state index contributed by atoms with van der Waals surface area (Å²) >= 11 is 6.17. The van der Waals surface area contributed by atoms with Gasteiger partial charge in [-0.05, 0) is 68.0 Å². The highest BCUT2D eigenvalue weighted by molar-refractivity contribution is 6.30. The van der Waals surface area contributed by atoms with Gasteiger partial charge in [0.1, 0.15) is 5.82 Å². The molecule has 0 radical (unpaired) electrons. The molecule has 0 aliphatic carbocycles. The predicted octanol–water partition coefficient (Wildman–Crippen LogP) is 5.15. The summed E-state index contributed by atoms with van der Waals surface area (Å²) in [6, 6.07) is 12.2. The van der Waals surface area contributed by atoms with E-state index in [-0.39, 0.29) is 11.7 Å². The monoisotopic (exact) mass is 405 g/mol. The lowest BCUT2D eigenvalue weighted by Gasteiger charge is -2.40. The third kappa shape index (κ3) is 4.74. The van der Waals surface area contributed by atoms with E-state index in [0.29, 0.717) is 34.7 Å². The Kier molecular flexibility index (Phi) is 7.47. The van der Waals surface area contributed by atoms with Crippen molar-refractivity contribution in [2.45, 2.75) is 37.7 Å². The molecule has 0 saturated carbocycles. The number of methoxy groups -OCH3 is 1. The van der Waals surface area contributed by atoms with Gasteiger partial charge in [0.05, 0.1) is 5.60 Å². The zero-order valence-corrected chi connectivity index (χ0v) is 17.1. The maximum absolute atomic E-state index is 15.0. The second kappa shape index (κ2) is 9.84. The first-order valence-electron chi connectivity index (χ1n) is 10.0. The van der Waals surface area contributed by atoms with Crippen molar-refractivity contribution < 1.29 is 14.2 Å². The quantitative estimate of drug-likeness (QED) is 0.597. The van der Waals surface area contributed by atoms with E-state index < -0.39 is 5.60 Å². The third-order valence-corrected chi connectivity index (χ3v) is 5.96. The second-order valence-corrected chi connectivity index (χ2v) is 8.03. The molecule has 5 heteroatoms. The molecule has 0 spiro atoms. The van der Waals surface area contributed by atoms with Crippen molar-refractivity contribution in [3.05, 3.63) is 58.9 Å². The van der Waals surface area contributed by atoms with Gasteiger partial charge in [-0.2, -0.15) is 0 Å². The number of aliphatic hydroxyl groups is 1. The van der Waals surface area contributed by atoms with Crippen LogP contribution in [0, 0.1) is 11.7 Å². The molecule has 2 N–H and O–H groups in total. The second-order valence-electron chi connectivity index (χ2n) is 7.59. The number of piperidine rings is 1. The van der Waals surface area contributed by atoms with Gasteiger partial charge in [0.25, 0.3) is 0 Å². The summed E-state index contributed by atoms with van der Waals surface area (Å²) in [5.41, 5.74) is 0.686. The largest absolute Gasteiger partial charge is 0.385 e. The molecule has 0 amide bonds. The first kappa shape index (κ1) is 21.3. The molecule has 1 unspecified atom stereocenters. The third-order valence-electron chi connectivity index (χ3n) is 5.72. The van der Waals surface area contributed by atoms with E-state index in [9.17, 15) is 5.11 Å². The summed E-state index contributed by atoms with van der Waals surface area (Å²) in [7, 11) is 1.68. The Labute approximate surface area is 171 Å². The fourth-order valence-electron chi connectivity index (χ4n) is 4.28. The smallest absolute Gasteiger partial charge is 0.131 e. The van der Waals surface area contributed by atoms with Crippen LogP contribution in [0.4, 0.5) is 4.39 Å². The van der Waals surface area contributed by atoms with Gasteiger partial charge in [0.15, 0.2) is 0 Å². The van der Waals surface area contributed by atoms with Crippen LogP contribution in [0.1, 0.15) is 37.7 Å². The highest BCUT2D eigenvalue weighted by Gasteiger charge is 2.40. The van der Waals surface area contributed by atoms with Crippen LogP contribution in [0.15, 0.2) is 42.5 Å². The van der Waals surface area contributed by atoms with Crippen molar-refractivity contribution in [1.82, 2.24) is 5.32 Å². The van der Waals surface area contributed by atoms with Crippen LogP contribution >= 0.6 is 11.6 Å². The maximum Gasteiger partial charge on any atom is 0.131 e. The number of rotatable bonds is 8. The van der Waals surface area contributed by atoms with Crippen molar-refractivity contribution in [3.63, 3.8) is 0 Å². The van der Waals surface area contributed by atoms with E-state index in [0.717, 1.165) is 38.8 Å². The minimum atomic E-state index is -1.11. The average Bonchev–Trinajstić information content (AvgIpc) is 2.71. The summed E-state index contributed by atoms with van der Waals surface area (Å²) in [4.78, 5) is 0. The average molecular weight is 406 g/mol. The Morgan fingerprint density at radius 3 is 2.79 bits per heavy atom. The van der Waals surface area contributed by atoms with Crippen LogP contribution in [0.5, 0.6) is 0 Å². The minimum absolute atomic E-state index is 0.0310. The molecule has 0 aromatic heterocycles. The topological polar surface area (TPSA) is 41.5 Å². The molecule has 0 bridgehead atoms. The highest BCUT2D eigenvalue weighted by Crippen LogP contribution is 2.43. The highest BCUT2D eigenvalue weighted by atomic mass is 35.5. The van der Waals surface area contributed by atoms with Crippen LogP contribution in [-0.4, -0.2) is 31.9 Å². The molecule has 28 heavy (non-hydrogen) atoms. The standard InChI is InChI=1S/C23H29ClFNO2/c1-28-14-3-2-12-23(27,18-8-6-13-26-16-18)20-10-5-11-21(25)22(20)17-7-4-9-19(24)15-17/h4-5,7,9-11,15,18,26-27H,2-3,6,8,12-14,16H2,1H3/t18?,23-/m0/s1. The molecule has 1 aliphatic heterocycles. The van der Waals surface area contributed by atoms with Gasteiger partial charge in [-0.1, -0.05) is 35.9 Å². The molecule has 2 atom stereocenters. The molecule has 1 heterocycles. The van der Waals surface area contributed by atoms with E-state index in [1.165, 1.54) is 6.07 Å². The number of unbranched alkanes of at least 4 members (excludes halogenated alkanes) is 1. The zero-order chi connectivity index (χ0) is 20.0. The van der Waals surface area contributed by atoms with E-state index in [4.69, 9.17) is 16.3 Å². The van der Waals surface area contributed by atoms with E-state index in [1.807, 2.05) is 18.2 Å². The SMILES string of the molecule is COCCCC[C@@](O)(c1cccc(F)c1-c1cccc(Cl)c1)C1CCCNC1. The summed E-state index contributed by atoms with van der Waals surface area (Å²) in [5, 5.41) is 15.9. The van der Waals surface area contributed by atoms with Gasteiger partial charge in [-0.25, -0.2) is 4.39 Å². The number of ether oxygens (including phenoxy) is 1. The van der Waals surface area contributed by atoms with Gasteiger partial charge < -0.3 is 15.2 Å². The van der Waals surface area contributed by atoms with Crippen LogP contribution in [-0.2, 0) is 10.3 Å². The first-order valence-corrected chi connectivity index (χ1v) is 10.4. The minimum Gasteiger partial charge on any atom is -0.385 e. The molecule has 1 saturated heterocycles. The fraction of sp³-hybridized carbons (Fsp3) is 0.478.